The van der Waals surface area contributed by atoms with E-state index >= 15 is 0 Å². The van der Waals surface area contributed by atoms with Gasteiger partial charge in [-0.15, -0.1) is 0 Å². The van der Waals surface area contributed by atoms with Crippen LogP contribution in [-0.4, -0.2) is 27.6 Å². The standard InChI is InChI=1S/C21H16N4O4/c1-12-4-5-14-15(11-12)24-18(19(26)16-3-2-10-29-16)17(14)25-21(28)20(27)23-13-6-8-22-9-7-13/h2-11,24H,1H3,(H,25,28)(H,22,23,27). The Morgan fingerprint density at radius 3 is 2.48 bits per heavy atom. The van der Waals surface area contributed by atoms with Crippen molar-refractivity contribution < 1.29 is 18.8 Å². The van der Waals surface area contributed by atoms with Gasteiger partial charge in [-0.1, -0.05) is 12.1 Å². The Balaban J connectivity index is 1.68. The summed E-state index contributed by atoms with van der Waals surface area (Å²) in [5.41, 5.74) is 2.41. The summed E-state index contributed by atoms with van der Waals surface area (Å²) in [7, 11) is 0. The number of aromatic amines is 1. The Bertz CT molecular complexity index is 1210. The molecular weight excluding hydrogens is 372 g/mol. The third-order valence-electron chi connectivity index (χ3n) is 4.31. The number of hydrogen-bond donors (Lipinski definition) is 3. The van der Waals surface area contributed by atoms with E-state index < -0.39 is 17.6 Å². The van der Waals surface area contributed by atoms with E-state index in [1.165, 1.54) is 24.7 Å². The lowest BCUT2D eigenvalue weighted by atomic mass is 10.1. The zero-order chi connectivity index (χ0) is 20.4. The molecule has 0 bridgehead atoms. The molecule has 1 aromatic carbocycles. The molecule has 3 heterocycles. The van der Waals surface area contributed by atoms with Crippen LogP contribution in [0.1, 0.15) is 21.8 Å². The van der Waals surface area contributed by atoms with Gasteiger partial charge >= 0.3 is 11.8 Å². The highest BCUT2D eigenvalue weighted by molar-refractivity contribution is 6.44. The van der Waals surface area contributed by atoms with E-state index in [1.807, 2.05) is 19.1 Å². The maximum atomic E-state index is 12.8. The minimum absolute atomic E-state index is 0.116. The quantitative estimate of drug-likeness (QED) is 0.366. The van der Waals surface area contributed by atoms with Gasteiger partial charge in [-0.2, -0.15) is 0 Å². The summed E-state index contributed by atoms with van der Waals surface area (Å²) in [6, 6.07) is 11.7. The monoisotopic (exact) mass is 388 g/mol. The van der Waals surface area contributed by atoms with Crippen LogP contribution < -0.4 is 10.6 Å². The number of furan rings is 1. The van der Waals surface area contributed by atoms with Crippen LogP contribution in [0.4, 0.5) is 11.4 Å². The Morgan fingerprint density at radius 2 is 1.76 bits per heavy atom. The Morgan fingerprint density at radius 1 is 1.00 bits per heavy atom. The number of H-pyrrole nitrogens is 1. The van der Waals surface area contributed by atoms with Crippen molar-refractivity contribution in [3.05, 3.63) is 78.1 Å². The fourth-order valence-corrected chi connectivity index (χ4v) is 2.94. The second kappa shape index (κ2) is 7.43. The number of hydrogen-bond acceptors (Lipinski definition) is 5. The molecule has 0 unspecified atom stereocenters. The van der Waals surface area contributed by atoms with Gasteiger partial charge in [0.15, 0.2) is 5.76 Å². The van der Waals surface area contributed by atoms with E-state index in [0.717, 1.165) is 5.56 Å². The van der Waals surface area contributed by atoms with Crippen LogP contribution in [0.25, 0.3) is 10.9 Å². The number of benzene rings is 1. The highest BCUT2D eigenvalue weighted by atomic mass is 16.3. The topological polar surface area (TPSA) is 117 Å². The summed E-state index contributed by atoms with van der Waals surface area (Å²) in [6.07, 6.45) is 4.38. The minimum Gasteiger partial charge on any atom is -0.461 e. The van der Waals surface area contributed by atoms with Crippen molar-refractivity contribution in [2.45, 2.75) is 6.92 Å². The number of rotatable bonds is 4. The average Bonchev–Trinajstić information content (AvgIpc) is 3.36. The predicted octanol–water partition coefficient (Wildman–Crippen LogP) is 3.27. The third kappa shape index (κ3) is 3.63. The molecule has 0 aliphatic rings. The number of aromatic nitrogens is 2. The van der Waals surface area contributed by atoms with Crippen molar-refractivity contribution in [3.8, 4) is 0 Å². The van der Waals surface area contributed by atoms with Gasteiger partial charge in [0, 0.05) is 29.0 Å². The van der Waals surface area contributed by atoms with Gasteiger partial charge in [-0.25, -0.2) is 0 Å². The van der Waals surface area contributed by atoms with E-state index in [1.54, 1.807) is 24.3 Å². The molecule has 0 atom stereocenters. The summed E-state index contributed by atoms with van der Waals surface area (Å²) in [6.45, 7) is 1.91. The predicted molar refractivity (Wildman–Crippen MR) is 107 cm³/mol. The summed E-state index contributed by atoms with van der Waals surface area (Å²) >= 11 is 0. The molecule has 0 aliphatic heterocycles. The molecule has 0 saturated heterocycles. The van der Waals surface area contributed by atoms with Gasteiger partial charge in [0.25, 0.3) is 0 Å². The van der Waals surface area contributed by atoms with Crippen LogP contribution in [0.5, 0.6) is 0 Å². The number of carbonyl (C=O) groups excluding carboxylic acids is 3. The fraction of sp³-hybridized carbons (Fsp3) is 0.0476. The molecule has 0 fully saturated rings. The highest BCUT2D eigenvalue weighted by Gasteiger charge is 2.24. The Labute approximate surface area is 164 Å². The number of amides is 2. The van der Waals surface area contributed by atoms with E-state index in [0.29, 0.717) is 16.6 Å². The molecule has 8 heteroatoms. The van der Waals surface area contributed by atoms with Crippen LogP contribution in [0.15, 0.2) is 65.5 Å². The van der Waals surface area contributed by atoms with Crippen molar-refractivity contribution >= 4 is 39.9 Å². The largest absolute Gasteiger partial charge is 0.461 e. The van der Waals surface area contributed by atoms with E-state index in [4.69, 9.17) is 4.42 Å². The fourth-order valence-electron chi connectivity index (χ4n) is 2.94. The number of anilines is 2. The number of aryl methyl sites for hydroxylation is 1. The van der Waals surface area contributed by atoms with Crippen LogP contribution in [0.2, 0.25) is 0 Å². The number of nitrogens with zero attached hydrogens (tertiary/aromatic N) is 1. The molecule has 0 aliphatic carbocycles. The molecular formula is C21H16N4O4. The Kier molecular flexibility index (Phi) is 4.66. The molecule has 4 aromatic rings. The van der Waals surface area contributed by atoms with E-state index in [9.17, 15) is 14.4 Å². The zero-order valence-corrected chi connectivity index (χ0v) is 15.4. The Hall–Kier alpha value is -4.20. The van der Waals surface area contributed by atoms with Crippen molar-refractivity contribution in [3.63, 3.8) is 0 Å². The van der Waals surface area contributed by atoms with Gasteiger partial charge < -0.3 is 20.0 Å². The molecule has 3 aromatic heterocycles. The van der Waals surface area contributed by atoms with Gasteiger partial charge in [0.1, 0.15) is 5.69 Å². The van der Waals surface area contributed by atoms with Crippen molar-refractivity contribution in [2.24, 2.45) is 0 Å². The van der Waals surface area contributed by atoms with Gasteiger partial charge in [-0.05, 0) is 42.8 Å². The summed E-state index contributed by atoms with van der Waals surface area (Å²) in [4.78, 5) is 44.5. The smallest absolute Gasteiger partial charge is 0.314 e. The molecule has 144 valence electrons. The third-order valence-corrected chi connectivity index (χ3v) is 4.31. The van der Waals surface area contributed by atoms with Crippen LogP contribution in [0.3, 0.4) is 0 Å². The molecule has 0 radical (unpaired) electrons. The SMILES string of the molecule is Cc1ccc2c(NC(=O)C(=O)Nc3ccncc3)c(C(=O)c3ccco3)[nH]c2c1. The number of fused-ring (bicyclic) bond motifs is 1. The molecule has 8 nitrogen and oxygen atoms in total. The van der Waals surface area contributed by atoms with Crippen molar-refractivity contribution in [1.29, 1.82) is 0 Å². The maximum absolute atomic E-state index is 12.8. The van der Waals surface area contributed by atoms with E-state index in [-0.39, 0.29) is 17.1 Å². The first-order valence-electron chi connectivity index (χ1n) is 8.76. The first-order valence-corrected chi connectivity index (χ1v) is 8.76. The summed E-state index contributed by atoms with van der Waals surface area (Å²) in [5, 5.41) is 5.65. The van der Waals surface area contributed by atoms with Gasteiger partial charge in [0.2, 0.25) is 5.78 Å². The number of ketones is 1. The second-order valence-corrected chi connectivity index (χ2v) is 6.37. The maximum Gasteiger partial charge on any atom is 0.314 e. The average molecular weight is 388 g/mol. The molecule has 2 amide bonds. The molecule has 0 saturated carbocycles. The summed E-state index contributed by atoms with van der Waals surface area (Å²) < 4.78 is 5.19. The van der Waals surface area contributed by atoms with Crippen molar-refractivity contribution in [1.82, 2.24) is 9.97 Å². The first-order chi connectivity index (χ1) is 14.0. The zero-order valence-electron chi connectivity index (χ0n) is 15.4. The van der Waals surface area contributed by atoms with E-state index in [2.05, 4.69) is 20.6 Å². The number of carbonyl (C=O) groups is 3. The lowest BCUT2D eigenvalue weighted by molar-refractivity contribution is -0.132. The molecule has 3 N–H and O–H groups in total. The lowest BCUT2D eigenvalue weighted by Crippen LogP contribution is -2.29. The molecule has 29 heavy (non-hydrogen) atoms. The van der Waals surface area contributed by atoms with Gasteiger partial charge in [0.05, 0.1) is 12.0 Å². The van der Waals surface area contributed by atoms with Crippen LogP contribution in [-0.2, 0) is 9.59 Å². The number of pyridine rings is 1. The summed E-state index contributed by atoms with van der Waals surface area (Å²) in [5.74, 6) is -2.09. The second-order valence-electron chi connectivity index (χ2n) is 6.37. The molecule has 4 rings (SSSR count). The van der Waals surface area contributed by atoms with Crippen LogP contribution in [0, 0.1) is 6.92 Å². The van der Waals surface area contributed by atoms with Crippen LogP contribution >= 0.6 is 0 Å². The minimum atomic E-state index is -0.906. The first kappa shape index (κ1) is 18.2. The molecule has 0 spiro atoms. The van der Waals surface area contributed by atoms with Crippen molar-refractivity contribution in [2.75, 3.05) is 10.6 Å². The normalized spacial score (nSPS) is 10.7. The van der Waals surface area contributed by atoms with Gasteiger partial charge in [-0.3, -0.25) is 19.4 Å². The lowest BCUT2D eigenvalue weighted by Gasteiger charge is -2.07. The highest BCUT2D eigenvalue weighted by Crippen LogP contribution is 2.30. The number of nitrogens with one attached hydrogen (secondary N) is 3.